The molecule has 0 bridgehead atoms. The maximum atomic E-state index is 14.6. The largest absolute Gasteiger partial charge is 0.505 e. The lowest BCUT2D eigenvalue weighted by Crippen LogP contribution is -2.46. The zero-order chi connectivity index (χ0) is 18.8. The summed E-state index contributed by atoms with van der Waals surface area (Å²) < 4.78 is 14.6. The quantitative estimate of drug-likeness (QED) is 0.764. The third kappa shape index (κ3) is 3.87. The molecule has 3 rings (SSSR count). The van der Waals surface area contributed by atoms with E-state index < -0.39 is 11.7 Å². The predicted molar refractivity (Wildman–Crippen MR) is 95.3 cm³/mol. The first-order chi connectivity index (χ1) is 12.3. The fraction of sp³-hybridized carbons (Fsp3) is 0.588. The number of hydrazine groups is 2. The van der Waals surface area contributed by atoms with Crippen molar-refractivity contribution in [2.24, 2.45) is 5.92 Å². The maximum Gasteiger partial charge on any atom is 0.307 e. The van der Waals surface area contributed by atoms with Crippen LogP contribution >= 0.6 is 0 Å². The molecule has 1 aromatic carbocycles. The van der Waals surface area contributed by atoms with Gasteiger partial charge in [0, 0.05) is 37.9 Å². The number of anilines is 2. The van der Waals surface area contributed by atoms with Crippen molar-refractivity contribution in [1.29, 1.82) is 0 Å². The molecule has 0 unspecified atom stereocenters. The van der Waals surface area contributed by atoms with Gasteiger partial charge in [-0.25, -0.2) is 4.39 Å². The summed E-state index contributed by atoms with van der Waals surface area (Å²) in [6.45, 7) is 8.39. The molecule has 2 fully saturated rings. The molecule has 0 aromatic heterocycles. The standard InChI is InChI=1S/C17H24FN5O3/c1-12(2)3-4-20-5-7-21(8-6-20)13-9-14(18)17(15(24)10-13)22-11-16(25)19-23(22)26/h9-10,12H,3-8,11H2,1-2H3,(H-,19,24,25,26)/p+1. The van der Waals surface area contributed by atoms with Crippen LogP contribution in [-0.4, -0.2) is 60.2 Å². The van der Waals surface area contributed by atoms with E-state index in [2.05, 4.69) is 18.7 Å². The SMILES string of the molecule is CC(C)CCN1CCN(c2cc(O)c(N3CC(=O)N[N+]3=O)c(F)c2)CC1. The van der Waals surface area contributed by atoms with Crippen molar-refractivity contribution in [1.82, 2.24) is 10.3 Å². The van der Waals surface area contributed by atoms with Gasteiger partial charge in [0.2, 0.25) is 0 Å². The zero-order valence-electron chi connectivity index (χ0n) is 15.1. The van der Waals surface area contributed by atoms with E-state index in [9.17, 15) is 19.2 Å². The summed E-state index contributed by atoms with van der Waals surface area (Å²) >= 11 is 0. The Morgan fingerprint density at radius 1 is 1.27 bits per heavy atom. The van der Waals surface area contributed by atoms with E-state index in [0.29, 0.717) is 11.6 Å². The molecule has 2 N–H and O–H groups in total. The smallest absolute Gasteiger partial charge is 0.307 e. The van der Waals surface area contributed by atoms with Gasteiger partial charge in [-0.3, -0.25) is 9.69 Å². The number of carbonyl (C=O) groups is 1. The van der Waals surface area contributed by atoms with Gasteiger partial charge in [-0.1, -0.05) is 24.3 Å². The fourth-order valence-electron chi connectivity index (χ4n) is 3.25. The first-order valence-electron chi connectivity index (χ1n) is 8.89. The van der Waals surface area contributed by atoms with Gasteiger partial charge >= 0.3 is 5.91 Å². The van der Waals surface area contributed by atoms with Crippen LogP contribution in [0, 0.1) is 16.6 Å². The number of piperazine rings is 1. The molecule has 1 aromatic rings. The third-order valence-electron chi connectivity index (χ3n) is 4.78. The Bertz CT molecular complexity index is 681. The molecule has 8 nitrogen and oxygen atoms in total. The summed E-state index contributed by atoms with van der Waals surface area (Å²) in [7, 11) is 0. The second-order valence-corrected chi connectivity index (χ2v) is 7.17. The van der Waals surface area contributed by atoms with Crippen molar-refractivity contribution in [3.8, 4) is 5.75 Å². The highest BCUT2D eigenvalue weighted by Crippen LogP contribution is 2.35. The molecule has 0 spiro atoms. The molecule has 0 saturated carbocycles. The molecule has 0 aliphatic carbocycles. The van der Waals surface area contributed by atoms with Crippen LogP contribution in [0.4, 0.5) is 15.8 Å². The van der Waals surface area contributed by atoms with Crippen LogP contribution in [-0.2, 0) is 4.79 Å². The van der Waals surface area contributed by atoms with Crippen LogP contribution < -0.4 is 15.3 Å². The Morgan fingerprint density at radius 2 is 1.96 bits per heavy atom. The predicted octanol–water partition coefficient (Wildman–Crippen LogP) is 1.24. The molecule has 142 valence electrons. The zero-order valence-corrected chi connectivity index (χ0v) is 15.1. The lowest BCUT2D eigenvalue weighted by atomic mass is 10.1. The monoisotopic (exact) mass is 366 g/mol. The first-order valence-corrected chi connectivity index (χ1v) is 8.89. The topological polar surface area (TPSA) is 79.1 Å². The Labute approximate surface area is 151 Å². The minimum absolute atomic E-state index is 0.133. The lowest BCUT2D eigenvalue weighted by molar-refractivity contribution is -0.591. The van der Waals surface area contributed by atoms with Crippen LogP contribution in [0.25, 0.3) is 0 Å². The van der Waals surface area contributed by atoms with Crippen LogP contribution in [0.15, 0.2) is 12.1 Å². The highest BCUT2D eigenvalue weighted by atomic mass is 19.1. The molecule has 0 atom stereocenters. The van der Waals surface area contributed by atoms with Gasteiger partial charge in [0.25, 0.3) is 4.98 Å². The summed E-state index contributed by atoms with van der Waals surface area (Å²) in [5.41, 5.74) is 2.27. The average Bonchev–Trinajstić information content (AvgIpc) is 2.91. The Balaban J connectivity index is 1.69. The number of nitrogens with one attached hydrogen (secondary N) is 1. The highest BCUT2D eigenvalue weighted by molar-refractivity contribution is 5.82. The number of hydrogen-bond acceptors (Lipinski definition) is 5. The van der Waals surface area contributed by atoms with Gasteiger partial charge in [0.15, 0.2) is 18.0 Å². The normalized spacial score (nSPS) is 18.8. The second kappa shape index (κ2) is 7.45. The first kappa shape index (κ1) is 18.4. The molecule has 2 saturated heterocycles. The van der Waals surface area contributed by atoms with Crippen molar-refractivity contribution in [2.75, 3.05) is 49.2 Å². The van der Waals surface area contributed by atoms with Gasteiger partial charge in [0.05, 0.1) is 4.91 Å². The molecule has 2 aliphatic heterocycles. The minimum atomic E-state index is -0.736. The number of carbonyl (C=O) groups excluding carboxylic acids is 1. The van der Waals surface area contributed by atoms with Crippen molar-refractivity contribution >= 4 is 17.3 Å². The number of amides is 1. The number of benzene rings is 1. The third-order valence-corrected chi connectivity index (χ3v) is 4.78. The summed E-state index contributed by atoms with van der Waals surface area (Å²) in [5, 5.41) is 11.1. The number of hydrogen-bond donors (Lipinski definition) is 2. The van der Waals surface area contributed by atoms with Gasteiger partial charge in [-0.2, -0.15) is 0 Å². The van der Waals surface area contributed by atoms with Crippen LogP contribution in [0.5, 0.6) is 5.75 Å². The summed E-state index contributed by atoms with van der Waals surface area (Å²) in [6.07, 6.45) is 1.15. The van der Waals surface area contributed by atoms with Gasteiger partial charge in [-0.15, -0.1) is 0 Å². The molecular formula is C17H25FN5O3+. The fourth-order valence-corrected chi connectivity index (χ4v) is 3.25. The van der Waals surface area contributed by atoms with E-state index in [4.69, 9.17) is 0 Å². The second-order valence-electron chi connectivity index (χ2n) is 7.17. The van der Waals surface area contributed by atoms with E-state index in [1.54, 1.807) is 0 Å². The van der Waals surface area contributed by atoms with Crippen LogP contribution in [0.2, 0.25) is 0 Å². The maximum absolute atomic E-state index is 14.6. The molecule has 0 radical (unpaired) electrons. The number of nitrogens with zero attached hydrogens (tertiary/aromatic N) is 4. The van der Waals surface area contributed by atoms with Crippen LogP contribution in [0.3, 0.4) is 0 Å². The van der Waals surface area contributed by atoms with Gasteiger partial charge in [0.1, 0.15) is 5.75 Å². The number of rotatable bonds is 5. The highest BCUT2D eigenvalue weighted by Gasteiger charge is 2.40. The van der Waals surface area contributed by atoms with Crippen molar-refractivity contribution in [3.63, 3.8) is 0 Å². The van der Waals surface area contributed by atoms with Crippen molar-refractivity contribution in [2.45, 2.75) is 20.3 Å². The van der Waals surface area contributed by atoms with Gasteiger partial charge < -0.3 is 10.0 Å². The van der Waals surface area contributed by atoms with Crippen LogP contribution in [0.1, 0.15) is 20.3 Å². The van der Waals surface area contributed by atoms with Crippen molar-refractivity contribution < 1.29 is 19.3 Å². The molecule has 9 heteroatoms. The number of aromatic hydroxyl groups is 1. The van der Waals surface area contributed by atoms with E-state index in [0.717, 1.165) is 44.2 Å². The summed E-state index contributed by atoms with van der Waals surface area (Å²) in [6, 6.07) is 2.74. The number of phenolic OH excluding ortho intramolecular Hbond substituents is 1. The molecule has 2 heterocycles. The molecular weight excluding hydrogens is 341 g/mol. The number of halogens is 1. The summed E-state index contributed by atoms with van der Waals surface area (Å²) in [4.78, 5) is 27.5. The molecule has 1 amide bonds. The number of phenols is 1. The van der Waals surface area contributed by atoms with E-state index >= 15 is 0 Å². The average molecular weight is 366 g/mol. The van der Waals surface area contributed by atoms with E-state index in [1.807, 2.05) is 10.3 Å². The Hall–Kier alpha value is -2.42. The number of nitroso groups, excluding NO2 is 1. The lowest BCUT2D eigenvalue weighted by Gasteiger charge is -2.36. The van der Waals surface area contributed by atoms with Crippen molar-refractivity contribution in [3.05, 3.63) is 22.9 Å². The molecule has 2 aliphatic rings. The summed E-state index contributed by atoms with van der Waals surface area (Å²) in [5.74, 6) is -0.987. The van der Waals surface area contributed by atoms with Gasteiger partial charge in [-0.05, 0) is 24.9 Å². The Morgan fingerprint density at radius 3 is 2.50 bits per heavy atom. The van der Waals surface area contributed by atoms with E-state index in [1.165, 1.54) is 12.1 Å². The minimum Gasteiger partial charge on any atom is -0.505 e. The molecule has 26 heavy (non-hydrogen) atoms. The Kier molecular flexibility index (Phi) is 5.26. The van der Waals surface area contributed by atoms with E-state index in [-0.39, 0.29) is 23.0 Å².